The van der Waals surface area contributed by atoms with Gasteiger partial charge in [-0.15, -0.1) is 0 Å². The molecule has 0 rings (SSSR count). The Bertz CT molecular complexity index is 192. The molecule has 0 aliphatic carbocycles. The molecule has 0 fully saturated rings. The average Bonchev–Trinajstić information content (AvgIpc) is 2.12. The number of rotatable bonds is 5. The van der Waals surface area contributed by atoms with E-state index in [1.807, 2.05) is 26.0 Å². The van der Waals surface area contributed by atoms with Crippen LogP contribution in [0.25, 0.3) is 0 Å². The van der Waals surface area contributed by atoms with E-state index in [0.717, 1.165) is 23.0 Å². The Kier molecular flexibility index (Phi) is 16.8. The van der Waals surface area contributed by atoms with Crippen LogP contribution < -0.4 is 0 Å². The van der Waals surface area contributed by atoms with Gasteiger partial charge in [-0.3, -0.25) is 0 Å². The first kappa shape index (κ1) is 21.5. The number of hydrogen-bond acceptors (Lipinski definition) is 0. The average molecular weight is 238 g/mol. The van der Waals surface area contributed by atoms with Crippen molar-refractivity contribution < 1.29 is 0 Å². The van der Waals surface area contributed by atoms with Crippen LogP contribution in [0.3, 0.4) is 0 Å². The fourth-order valence-electron chi connectivity index (χ4n) is 0.951. The normalized spacial score (nSPS) is 9.88. The maximum absolute atomic E-state index is 3.70. The van der Waals surface area contributed by atoms with Gasteiger partial charge in [0.15, 0.2) is 0 Å². The van der Waals surface area contributed by atoms with E-state index in [4.69, 9.17) is 0 Å². The van der Waals surface area contributed by atoms with E-state index in [1.54, 1.807) is 0 Å². The Morgan fingerprint density at radius 3 is 1.18 bits per heavy atom. The lowest BCUT2D eigenvalue weighted by Crippen LogP contribution is -1.91. The Labute approximate surface area is 111 Å². The van der Waals surface area contributed by atoms with Gasteiger partial charge in [0.25, 0.3) is 0 Å². The van der Waals surface area contributed by atoms with Gasteiger partial charge in [0, 0.05) is 0 Å². The van der Waals surface area contributed by atoms with Crippen LogP contribution >= 0.6 is 0 Å². The third kappa shape index (κ3) is 31.3. The maximum Gasteiger partial charge on any atom is -0.0404 e. The lowest BCUT2D eigenvalue weighted by atomic mass is 10.0. The maximum atomic E-state index is 3.70. The van der Waals surface area contributed by atoms with Crippen LogP contribution in [0, 0.1) is 11.8 Å². The minimum absolute atomic E-state index is 0. The van der Waals surface area contributed by atoms with E-state index < -0.39 is 0 Å². The molecule has 0 saturated heterocycles. The first-order valence-electron chi connectivity index (χ1n) is 6.24. The minimum atomic E-state index is 0. The van der Waals surface area contributed by atoms with Crippen molar-refractivity contribution in [1.29, 1.82) is 0 Å². The predicted molar refractivity (Wildman–Crippen MR) is 84.4 cm³/mol. The van der Waals surface area contributed by atoms with Gasteiger partial charge in [-0.25, -0.2) is 0 Å². The molecule has 0 N–H and O–H groups in total. The summed E-state index contributed by atoms with van der Waals surface area (Å²) in [5.41, 5.74) is 2.13. The predicted octanol–water partition coefficient (Wildman–Crippen LogP) is 6.41. The monoisotopic (exact) mass is 238 g/mol. The molecule has 0 amide bonds. The highest BCUT2D eigenvalue weighted by atomic mass is 14.0. The smallest absolute Gasteiger partial charge is 0.0404 e. The summed E-state index contributed by atoms with van der Waals surface area (Å²) in [4.78, 5) is 0. The molecule has 0 spiro atoms. The summed E-state index contributed by atoms with van der Waals surface area (Å²) in [6.45, 7) is 20.4. The topological polar surface area (TPSA) is 0 Å². The second-order valence-electron chi connectivity index (χ2n) is 5.39. The van der Waals surface area contributed by atoms with Crippen molar-refractivity contribution >= 4 is 0 Å². The van der Waals surface area contributed by atoms with Gasteiger partial charge < -0.3 is 0 Å². The summed E-state index contributed by atoms with van der Waals surface area (Å²) in [6, 6.07) is 0. The zero-order valence-electron chi connectivity index (χ0n) is 12.1. The van der Waals surface area contributed by atoms with Crippen molar-refractivity contribution in [2.75, 3.05) is 0 Å². The first-order valence-corrected chi connectivity index (χ1v) is 6.24. The highest BCUT2D eigenvalue weighted by Crippen LogP contribution is 2.09. The van der Waals surface area contributed by atoms with Gasteiger partial charge in [0.2, 0.25) is 0 Å². The Balaban J connectivity index is -0.000000218. The molecule has 0 heterocycles. The summed E-state index contributed by atoms with van der Waals surface area (Å²) in [7, 11) is 0. The summed E-state index contributed by atoms with van der Waals surface area (Å²) < 4.78 is 0. The lowest BCUT2D eigenvalue weighted by molar-refractivity contribution is 0.476. The molecule has 102 valence electrons. The second-order valence-corrected chi connectivity index (χ2v) is 5.39. The fourth-order valence-corrected chi connectivity index (χ4v) is 0.951. The van der Waals surface area contributed by atoms with Crippen LogP contribution in [0.15, 0.2) is 36.5 Å². The van der Waals surface area contributed by atoms with E-state index in [0.29, 0.717) is 0 Å². The summed E-state index contributed by atoms with van der Waals surface area (Å²) in [6.07, 6.45) is 6.67. The number of allylic oxidation sites excluding steroid dienone is 4. The third-order valence-corrected chi connectivity index (χ3v) is 1.97. The minimum Gasteiger partial charge on any atom is -0.0961 e. The molecule has 0 aliphatic rings. The van der Waals surface area contributed by atoms with E-state index >= 15 is 0 Å². The van der Waals surface area contributed by atoms with Crippen molar-refractivity contribution in [3.05, 3.63) is 36.5 Å². The van der Waals surface area contributed by atoms with Gasteiger partial charge in [-0.1, -0.05) is 84.4 Å². The molecule has 0 radical (unpaired) electrons. The largest absolute Gasteiger partial charge is 0.0961 e. The molecule has 0 aromatic carbocycles. The fraction of sp³-hybridized carbons (Fsp3) is 0.647. The summed E-state index contributed by atoms with van der Waals surface area (Å²) in [5, 5.41) is 0. The summed E-state index contributed by atoms with van der Waals surface area (Å²) >= 11 is 0. The molecule has 17 heavy (non-hydrogen) atoms. The van der Waals surface area contributed by atoms with Crippen molar-refractivity contribution in [3.8, 4) is 0 Å². The Hall–Kier alpha value is -0.780. The molecule has 0 aromatic heterocycles. The van der Waals surface area contributed by atoms with Gasteiger partial charge in [0.05, 0.1) is 0 Å². The van der Waals surface area contributed by atoms with E-state index in [1.165, 1.54) is 12.8 Å². The molecule has 0 aromatic rings. The van der Waals surface area contributed by atoms with E-state index in [2.05, 4.69) is 40.9 Å². The van der Waals surface area contributed by atoms with Gasteiger partial charge >= 0.3 is 0 Å². The molecular formula is C17H34. The first-order chi connectivity index (χ1) is 7.25. The Morgan fingerprint density at radius 1 is 0.824 bits per heavy atom. The van der Waals surface area contributed by atoms with Crippen LogP contribution in [0.1, 0.15) is 61.8 Å². The molecular weight excluding hydrogens is 204 g/mol. The zero-order chi connectivity index (χ0) is 13.1. The standard InChI is InChI=1S/C8H18.C8H12.CH4/c2*1-7(2)5-6-8(3)4;/h7-8H,5-6H2,1-4H3;5-6H,1,3H2,2,4H3;1H4/b;6-5-;. The van der Waals surface area contributed by atoms with Crippen molar-refractivity contribution in [3.63, 3.8) is 0 Å². The van der Waals surface area contributed by atoms with Crippen molar-refractivity contribution in [2.24, 2.45) is 11.8 Å². The third-order valence-electron chi connectivity index (χ3n) is 1.97. The highest BCUT2D eigenvalue weighted by Gasteiger charge is 1.95. The molecule has 0 saturated carbocycles. The van der Waals surface area contributed by atoms with Crippen LogP contribution in [0.4, 0.5) is 0 Å². The molecule has 0 unspecified atom stereocenters. The molecule has 0 bridgehead atoms. The van der Waals surface area contributed by atoms with Gasteiger partial charge in [0.1, 0.15) is 0 Å². The van der Waals surface area contributed by atoms with Crippen LogP contribution in [-0.4, -0.2) is 0 Å². The second kappa shape index (κ2) is 13.3. The molecule has 0 atom stereocenters. The van der Waals surface area contributed by atoms with E-state index in [-0.39, 0.29) is 7.43 Å². The zero-order valence-corrected chi connectivity index (χ0v) is 12.1. The van der Waals surface area contributed by atoms with Crippen LogP contribution in [0.5, 0.6) is 0 Å². The molecule has 0 aliphatic heterocycles. The molecule has 0 nitrogen and oxygen atoms in total. The van der Waals surface area contributed by atoms with Gasteiger partial charge in [-0.05, 0) is 25.7 Å². The lowest BCUT2D eigenvalue weighted by Gasteiger charge is -2.05. The Morgan fingerprint density at radius 2 is 1.06 bits per heavy atom. The quantitative estimate of drug-likeness (QED) is 0.485. The van der Waals surface area contributed by atoms with Crippen LogP contribution in [0.2, 0.25) is 0 Å². The van der Waals surface area contributed by atoms with Crippen molar-refractivity contribution in [1.82, 2.24) is 0 Å². The van der Waals surface area contributed by atoms with E-state index in [9.17, 15) is 0 Å². The number of hydrogen-bond donors (Lipinski definition) is 0. The van der Waals surface area contributed by atoms with Gasteiger partial charge in [-0.2, -0.15) is 0 Å². The SMILES string of the molecule is C.C=C(C)/C=C\C(=C)C.CC(C)CCC(C)C. The summed E-state index contributed by atoms with van der Waals surface area (Å²) in [5.74, 6) is 1.77. The van der Waals surface area contributed by atoms with Crippen LogP contribution in [-0.2, 0) is 0 Å². The highest BCUT2D eigenvalue weighted by molar-refractivity contribution is 5.20. The molecule has 0 heteroatoms. The van der Waals surface area contributed by atoms with Crippen molar-refractivity contribution in [2.45, 2.75) is 61.8 Å².